The Morgan fingerprint density at radius 2 is 2.18 bits per heavy atom. The van der Waals surface area contributed by atoms with Crippen LogP contribution in [0.1, 0.15) is 25.3 Å². The molecule has 1 aromatic rings. The average molecular weight is 237 g/mol. The van der Waals surface area contributed by atoms with Gasteiger partial charge in [0.1, 0.15) is 0 Å². The molecule has 0 radical (unpaired) electrons. The average Bonchev–Trinajstić information content (AvgIpc) is 2.74. The van der Waals surface area contributed by atoms with E-state index in [0.29, 0.717) is 0 Å². The summed E-state index contributed by atoms with van der Waals surface area (Å²) in [6, 6.07) is 0. The fourth-order valence-electron chi connectivity index (χ4n) is 2.41. The molecule has 0 N–H and O–H groups in total. The molecule has 96 valence electrons. The van der Waals surface area contributed by atoms with Crippen LogP contribution in [-0.4, -0.2) is 41.0 Å². The number of piperidine rings is 1. The van der Waals surface area contributed by atoms with Gasteiger partial charge in [-0.25, -0.2) is 0 Å². The SMILES string of the molecule is CCOCC1CCN(Cc2cnn(C)c2)CC1. The standard InChI is InChI=1S/C13H23N3O/c1-3-17-11-12-4-6-16(7-5-12)10-13-8-14-15(2)9-13/h8-9,12H,3-7,10-11H2,1-2H3. The van der Waals surface area contributed by atoms with Crippen LogP contribution in [0.15, 0.2) is 12.4 Å². The van der Waals surface area contributed by atoms with Gasteiger partial charge in [0.25, 0.3) is 0 Å². The molecule has 0 saturated carbocycles. The Morgan fingerprint density at radius 3 is 2.76 bits per heavy atom. The zero-order valence-corrected chi connectivity index (χ0v) is 10.9. The smallest absolute Gasteiger partial charge is 0.0534 e. The number of nitrogens with zero attached hydrogens (tertiary/aromatic N) is 3. The minimum Gasteiger partial charge on any atom is -0.381 e. The number of ether oxygens (including phenoxy) is 1. The first-order chi connectivity index (χ1) is 8.28. The molecule has 1 aliphatic rings. The first-order valence-electron chi connectivity index (χ1n) is 6.55. The minimum absolute atomic E-state index is 0.764. The molecule has 17 heavy (non-hydrogen) atoms. The Bertz CT molecular complexity index is 329. The number of aryl methyl sites for hydroxylation is 1. The second kappa shape index (κ2) is 6.17. The quantitative estimate of drug-likeness (QED) is 0.780. The Morgan fingerprint density at radius 1 is 1.41 bits per heavy atom. The first kappa shape index (κ1) is 12.6. The Hall–Kier alpha value is -0.870. The maximum atomic E-state index is 5.50. The molecule has 0 spiro atoms. The van der Waals surface area contributed by atoms with E-state index >= 15 is 0 Å². The third kappa shape index (κ3) is 3.82. The molecule has 0 amide bonds. The van der Waals surface area contributed by atoms with Crippen LogP contribution in [0.25, 0.3) is 0 Å². The Labute approximate surface area is 104 Å². The van der Waals surface area contributed by atoms with Gasteiger partial charge in [-0.2, -0.15) is 5.10 Å². The van der Waals surface area contributed by atoms with Gasteiger partial charge in [-0.1, -0.05) is 0 Å². The van der Waals surface area contributed by atoms with E-state index in [-0.39, 0.29) is 0 Å². The number of aromatic nitrogens is 2. The Kier molecular flexibility index (Phi) is 4.57. The van der Waals surface area contributed by atoms with Gasteiger partial charge < -0.3 is 4.74 Å². The van der Waals surface area contributed by atoms with E-state index in [9.17, 15) is 0 Å². The lowest BCUT2D eigenvalue weighted by molar-refractivity contribution is 0.0723. The zero-order chi connectivity index (χ0) is 12.1. The summed E-state index contributed by atoms with van der Waals surface area (Å²) in [5.41, 5.74) is 1.32. The lowest BCUT2D eigenvalue weighted by atomic mass is 9.97. The number of hydrogen-bond acceptors (Lipinski definition) is 3. The van der Waals surface area contributed by atoms with Crippen molar-refractivity contribution in [2.75, 3.05) is 26.3 Å². The molecule has 2 rings (SSSR count). The molecule has 4 heteroatoms. The van der Waals surface area contributed by atoms with Crippen LogP contribution in [0.3, 0.4) is 0 Å². The van der Waals surface area contributed by atoms with Crippen LogP contribution in [0.5, 0.6) is 0 Å². The highest BCUT2D eigenvalue weighted by Gasteiger charge is 2.19. The fraction of sp³-hybridized carbons (Fsp3) is 0.769. The molecule has 0 aromatic carbocycles. The van der Waals surface area contributed by atoms with Crippen LogP contribution in [0.4, 0.5) is 0 Å². The van der Waals surface area contributed by atoms with Crippen molar-refractivity contribution in [2.24, 2.45) is 13.0 Å². The summed E-state index contributed by atoms with van der Waals surface area (Å²) in [5, 5.41) is 4.21. The molecule has 1 aromatic heterocycles. The van der Waals surface area contributed by atoms with Gasteiger partial charge in [0, 0.05) is 38.6 Å². The summed E-state index contributed by atoms with van der Waals surface area (Å²) in [7, 11) is 1.97. The zero-order valence-electron chi connectivity index (χ0n) is 10.9. The summed E-state index contributed by atoms with van der Waals surface area (Å²) in [5.74, 6) is 0.764. The van der Waals surface area contributed by atoms with Crippen molar-refractivity contribution in [1.82, 2.24) is 14.7 Å². The molecule has 0 unspecified atom stereocenters. The van der Waals surface area contributed by atoms with Gasteiger partial charge in [-0.05, 0) is 38.8 Å². The predicted molar refractivity (Wildman–Crippen MR) is 67.7 cm³/mol. The monoisotopic (exact) mass is 237 g/mol. The largest absolute Gasteiger partial charge is 0.381 e. The van der Waals surface area contributed by atoms with Crippen molar-refractivity contribution in [3.63, 3.8) is 0 Å². The van der Waals surface area contributed by atoms with Crippen LogP contribution >= 0.6 is 0 Å². The van der Waals surface area contributed by atoms with Crippen molar-refractivity contribution in [1.29, 1.82) is 0 Å². The van der Waals surface area contributed by atoms with Gasteiger partial charge in [-0.15, -0.1) is 0 Å². The summed E-state index contributed by atoms with van der Waals surface area (Å²) < 4.78 is 7.37. The molecule has 0 bridgehead atoms. The molecule has 1 aliphatic heterocycles. The van der Waals surface area contributed by atoms with E-state index < -0.39 is 0 Å². The third-order valence-corrected chi connectivity index (χ3v) is 3.43. The fourth-order valence-corrected chi connectivity index (χ4v) is 2.41. The highest BCUT2D eigenvalue weighted by atomic mass is 16.5. The summed E-state index contributed by atoms with van der Waals surface area (Å²) in [4.78, 5) is 2.51. The van der Waals surface area contributed by atoms with Gasteiger partial charge in [0.2, 0.25) is 0 Å². The van der Waals surface area contributed by atoms with Crippen molar-refractivity contribution < 1.29 is 4.74 Å². The molecule has 0 atom stereocenters. The molecular weight excluding hydrogens is 214 g/mol. The summed E-state index contributed by atoms with van der Waals surface area (Å²) >= 11 is 0. The molecule has 1 fully saturated rings. The third-order valence-electron chi connectivity index (χ3n) is 3.43. The molecule has 1 saturated heterocycles. The van der Waals surface area contributed by atoms with Crippen LogP contribution in [-0.2, 0) is 18.3 Å². The number of hydrogen-bond donors (Lipinski definition) is 0. The second-order valence-electron chi connectivity index (χ2n) is 4.90. The van der Waals surface area contributed by atoms with E-state index in [4.69, 9.17) is 4.74 Å². The Balaban J connectivity index is 1.72. The van der Waals surface area contributed by atoms with Gasteiger partial charge in [-0.3, -0.25) is 9.58 Å². The maximum Gasteiger partial charge on any atom is 0.0534 e. The lowest BCUT2D eigenvalue weighted by Gasteiger charge is -2.31. The summed E-state index contributed by atoms with van der Waals surface area (Å²) in [6.45, 7) is 7.26. The van der Waals surface area contributed by atoms with Crippen molar-refractivity contribution in [3.05, 3.63) is 18.0 Å². The van der Waals surface area contributed by atoms with Crippen molar-refractivity contribution in [3.8, 4) is 0 Å². The number of rotatable bonds is 5. The van der Waals surface area contributed by atoms with E-state index in [1.165, 1.54) is 31.5 Å². The van der Waals surface area contributed by atoms with E-state index in [1.54, 1.807) is 0 Å². The molecular formula is C13H23N3O. The van der Waals surface area contributed by atoms with Crippen LogP contribution < -0.4 is 0 Å². The van der Waals surface area contributed by atoms with Gasteiger partial charge in [0.05, 0.1) is 6.20 Å². The van der Waals surface area contributed by atoms with Crippen LogP contribution in [0, 0.1) is 5.92 Å². The van der Waals surface area contributed by atoms with E-state index in [2.05, 4.69) is 23.1 Å². The molecule has 4 nitrogen and oxygen atoms in total. The van der Waals surface area contributed by atoms with Gasteiger partial charge in [0.15, 0.2) is 0 Å². The van der Waals surface area contributed by atoms with E-state index in [1.807, 2.05) is 17.9 Å². The number of likely N-dealkylation sites (tertiary alicyclic amines) is 1. The topological polar surface area (TPSA) is 30.3 Å². The van der Waals surface area contributed by atoms with Crippen LogP contribution in [0.2, 0.25) is 0 Å². The maximum absolute atomic E-state index is 5.50. The van der Waals surface area contributed by atoms with Crippen molar-refractivity contribution >= 4 is 0 Å². The molecule has 2 heterocycles. The normalized spacial score (nSPS) is 18.7. The lowest BCUT2D eigenvalue weighted by Crippen LogP contribution is -2.34. The predicted octanol–water partition coefficient (Wildman–Crippen LogP) is 1.67. The highest BCUT2D eigenvalue weighted by Crippen LogP contribution is 2.19. The van der Waals surface area contributed by atoms with Gasteiger partial charge >= 0.3 is 0 Å². The minimum atomic E-state index is 0.764. The first-order valence-corrected chi connectivity index (χ1v) is 6.55. The van der Waals surface area contributed by atoms with E-state index in [0.717, 1.165) is 25.7 Å². The highest BCUT2D eigenvalue weighted by molar-refractivity contribution is 5.03. The van der Waals surface area contributed by atoms with Crippen molar-refractivity contribution in [2.45, 2.75) is 26.3 Å². The summed E-state index contributed by atoms with van der Waals surface area (Å²) in [6.07, 6.45) is 6.60. The molecule has 0 aliphatic carbocycles. The second-order valence-corrected chi connectivity index (χ2v) is 4.90.